The van der Waals surface area contributed by atoms with Crippen molar-refractivity contribution in [2.75, 3.05) is 0 Å². The molecule has 0 aromatic heterocycles. The lowest BCUT2D eigenvalue weighted by Gasteiger charge is -2.19. The molecular weight excluding hydrogens is 176 g/mol. The van der Waals surface area contributed by atoms with Gasteiger partial charge in [-0.3, -0.25) is 0 Å². The predicted octanol–water partition coefficient (Wildman–Crippen LogP) is 1.14. The highest BCUT2D eigenvalue weighted by atomic mass is 35.5. The number of alkyl halides is 1. The quantitative estimate of drug-likeness (QED) is 0.481. The molecule has 0 bridgehead atoms. The highest BCUT2D eigenvalue weighted by Crippen LogP contribution is 2.14. The number of hydrogen-bond donors (Lipinski definition) is 2. The Morgan fingerprint density at radius 3 is 1.83 bits per heavy atom. The summed E-state index contributed by atoms with van der Waals surface area (Å²) in [4.78, 5) is 0. The fraction of sp³-hybridized carbons (Fsp3) is 0.778. The Morgan fingerprint density at radius 2 is 1.58 bits per heavy atom. The van der Waals surface area contributed by atoms with E-state index in [2.05, 4.69) is 11.8 Å². The molecule has 0 aliphatic heterocycles. The smallest absolute Gasteiger partial charge is 0.138 e. The molecule has 0 fully saturated rings. The maximum Gasteiger partial charge on any atom is 0.138 e. The second-order valence-electron chi connectivity index (χ2n) is 3.57. The van der Waals surface area contributed by atoms with Crippen LogP contribution in [0.3, 0.4) is 0 Å². The van der Waals surface area contributed by atoms with Crippen molar-refractivity contribution >= 4 is 11.6 Å². The molecule has 2 N–H and O–H groups in total. The molecule has 0 heterocycles. The molecule has 2 unspecified atom stereocenters. The molecule has 0 saturated carbocycles. The average Bonchev–Trinajstić information content (AvgIpc) is 1.82. The van der Waals surface area contributed by atoms with Gasteiger partial charge in [-0.15, -0.1) is 11.6 Å². The van der Waals surface area contributed by atoms with Crippen LogP contribution in [0.15, 0.2) is 0 Å². The van der Waals surface area contributed by atoms with Crippen molar-refractivity contribution in [3.63, 3.8) is 0 Å². The Balaban J connectivity index is 4.50. The average molecular weight is 191 g/mol. The third kappa shape index (κ3) is 4.61. The van der Waals surface area contributed by atoms with Gasteiger partial charge in [0.25, 0.3) is 0 Å². The molecule has 0 aromatic rings. The van der Waals surface area contributed by atoms with Gasteiger partial charge in [-0.25, -0.2) is 0 Å². The van der Waals surface area contributed by atoms with Crippen molar-refractivity contribution < 1.29 is 10.2 Å². The summed E-state index contributed by atoms with van der Waals surface area (Å²) in [6, 6.07) is 0. The summed E-state index contributed by atoms with van der Waals surface area (Å²) >= 11 is 5.66. The number of halogens is 1. The van der Waals surface area contributed by atoms with Crippen LogP contribution in [0, 0.1) is 11.8 Å². The van der Waals surface area contributed by atoms with Gasteiger partial charge in [0.2, 0.25) is 0 Å². The third-order valence-corrected chi connectivity index (χ3v) is 1.82. The van der Waals surface area contributed by atoms with Crippen LogP contribution in [0.1, 0.15) is 27.7 Å². The zero-order chi connectivity index (χ0) is 9.99. The summed E-state index contributed by atoms with van der Waals surface area (Å²) in [5.74, 6) is 5.04. The van der Waals surface area contributed by atoms with Gasteiger partial charge in [-0.05, 0) is 27.7 Å². The van der Waals surface area contributed by atoms with Gasteiger partial charge in [0.15, 0.2) is 0 Å². The zero-order valence-corrected chi connectivity index (χ0v) is 8.61. The van der Waals surface area contributed by atoms with Crippen LogP contribution < -0.4 is 0 Å². The summed E-state index contributed by atoms with van der Waals surface area (Å²) in [5, 5.41) is 18.3. The molecule has 0 saturated heterocycles. The van der Waals surface area contributed by atoms with Crippen LogP contribution in [0.2, 0.25) is 0 Å². The van der Waals surface area contributed by atoms with Crippen LogP contribution in [0.4, 0.5) is 0 Å². The highest BCUT2D eigenvalue weighted by molar-refractivity contribution is 6.21. The van der Waals surface area contributed by atoms with E-state index in [4.69, 9.17) is 11.6 Å². The highest BCUT2D eigenvalue weighted by Gasteiger charge is 2.24. The van der Waals surface area contributed by atoms with E-state index in [1.54, 1.807) is 20.8 Å². The minimum Gasteiger partial charge on any atom is -0.378 e. The van der Waals surface area contributed by atoms with Crippen LogP contribution in [-0.2, 0) is 0 Å². The van der Waals surface area contributed by atoms with Crippen molar-refractivity contribution in [1.82, 2.24) is 0 Å². The number of rotatable bonds is 1. The number of aliphatic hydroxyl groups is 2. The first-order valence-electron chi connectivity index (χ1n) is 3.78. The van der Waals surface area contributed by atoms with Crippen molar-refractivity contribution in [2.45, 2.75) is 44.3 Å². The maximum absolute atomic E-state index is 9.54. The standard InChI is InChI=1S/C9H15ClO2/c1-7(10)9(4,12)6-5-8(2,3)11/h7,11-12H,1-4H3. The van der Waals surface area contributed by atoms with E-state index in [9.17, 15) is 10.2 Å². The molecule has 3 heteroatoms. The Kier molecular flexibility index (Phi) is 3.59. The van der Waals surface area contributed by atoms with Gasteiger partial charge in [0, 0.05) is 0 Å². The summed E-state index contributed by atoms with van der Waals surface area (Å²) < 4.78 is 0. The van der Waals surface area contributed by atoms with Gasteiger partial charge >= 0.3 is 0 Å². The zero-order valence-electron chi connectivity index (χ0n) is 7.85. The van der Waals surface area contributed by atoms with Gasteiger partial charge in [0.1, 0.15) is 11.2 Å². The number of hydrogen-bond acceptors (Lipinski definition) is 2. The van der Waals surface area contributed by atoms with E-state index >= 15 is 0 Å². The summed E-state index contributed by atoms with van der Waals surface area (Å²) in [7, 11) is 0. The molecule has 70 valence electrons. The lowest BCUT2D eigenvalue weighted by molar-refractivity contribution is 0.116. The van der Waals surface area contributed by atoms with E-state index in [0.29, 0.717) is 0 Å². The van der Waals surface area contributed by atoms with Crippen LogP contribution in [0.5, 0.6) is 0 Å². The second kappa shape index (κ2) is 3.66. The largest absolute Gasteiger partial charge is 0.378 e. The predicted molar refractivity (Wildman–Crippen MR) is 50.0 cm³/mol. The van der Waals surface area contributed by atoms with Gasteiger partial charge in [-0.2, -0.15) is 0 Å². The molecule has 0 spiro atoms. The molecule has 0 aliphatic carbocycles. The van der Waals surface area contributed by atoms with Gasteiger partial charge < -0.3 is 10.2 Å². The Hall–Kier alpha value is -0.230. The summed E-state index contributed by atoms with van der Waals surface area (Å²) in [6.45, 7) is 6.27. The topological polar surface area (TPSA) is 40.5 Å². The fourth-order valence-electron chi connectivity index (χ4n) is 0.379. The first-order valence-corrected chi connectivity index (χ1v) is 4.22. The van der Waals surface area contributed by atoms with Crippen LogP contribution in [0.25, 0.3) is 0 Å². The van der Waals surface area contributed by atoms with E-state index in [-0.39, 0.29) is 0 Å². The molecule has 0 radical (unpaired) electrons. The lowest BCUT2D eigenvalue weighted by Crippen LogP contribution is -2.32. The molecular formula is C9H15ClO2. The minimum absolute atomic E-state index is 0.465. The van der Waals surface area contributed by atoms with Crippen LogP contribution in [-0.4, -0.2) is 26.8 Å². The molecule has 2 nitrogen and oxygen atoms in total. The molecule has 0 aliphatic rings. The molecule has 0 rings (SSSR count). The van der Waals surface area contributed by atoms with Crippen molar-refractivity contribution in [3.8, 4) is 11.8 Å². The normalized spacial score (nSPS) is 18.9. The molecule has 12 heavy (non-hydrogen) atoms. The molecule has 0 amide bonds. The minimum atomic E-state index is -1.25. The van der Waals surface area contributed by atoms with E-state index < -0.39 is 16.6 Å². The third-order valence-electron chi connectivity index (χ3n) is 1.40. The van der Waals surface area contributed by atoms with Crippen molar-refractivity contribution in [3.05, 3.63) is 0 Å². The Labute approximate surface area is 78.5 Å². The summed E-state index contributed by atoms with van der Waals surface area (Å²) in [6.07, 6.45) is 0. The lowest BCUT2D eigenvalue weighted by atomic mass is 10.0. The van der Waals surface area contributed by atoms with E-state index in [1.807, 2.05) is 0 Å². The van der Waals surface area contributed by atoms with Crippen molar-refractivity contribution in [2.24, 2.45) is 0 Å². The molecule has 2 atom stereocenters. The Bertz CT molecular complexity index is 203. The Morgan fingerprint density at radius 1 is 1.17 bits per heavy atom. The first kappa shape index (κ1) is 11.8. The van der Waals surface area contributed by atoms with Crippen LogP contribution >= 0.6 is 11.6 Å². The van der Waals surface area contributed by atoms with E-state index in [1.165, 1.54) is 6.92 Å². The maximum atomic E-state index is 9.54. The van der Waals surface area contributed by atoms with E-state index in [0.717, 1.165) is 0 Å². The monoisotopic (exact) mass is 190 g/mol. The second-order valence-corrected chi connectivity index (χ2v) is 4.23. The summed E-state index contributed by atoms with van der Waals surface area (Å²) in [5.41, 5.74) is -2.34. The SMILES string of the molecule is CC(Cl)C(C)(O)C#CC(C)(C)O. The van der Waals surface area contributed by atoms with Gasteiger partial charge in [0.05, 0.1) is 5.38 Å². The first-order chi connectivity index (χ1) is 5.15. The fourth-order valence-corrected chi connectivity index (χ4v) is 0.433. The molecule has 0 aromatic carbocycles. The van der Waals surface area contributed by atoms with Gasteiger partial charge in [-0.1, -0.05) is 11.8 Å². The van der Waals surface area contributed by atoms with Crippen molar-refractivity contribution in [1.29, 1.82) is 0 Å².